The summed E-state index contributed by atoms with van der Waals surface area (Å²) < 4.78 is 67.4. The molecule has 0 saturated carbocycles. The number of ether oxygens (including phenoxy) is 1. The minimum Gasteiger partial charge on any atom is -0.432 e. The van der Waals surface area contributed by atoms with Crippen LogP contribution in [0.3, 0.4) is 0 Å². The number of benzene rings is 2. The summed E-state index contributed by atoms with van der Waals surface area (Å²) in [6.45, 7) is -3.17. The summed E-state index contributed by atoms with van der Waals surface area (Å²) in [6, 6.07) is 11.5. The number of sulfonamides is 1. The molecule has 122 valence electrons. The SMILES string of the molecule is O=S(=O)(/C=C/c1ccccc1)Nc1ccc(OC(F)F)c(F)c1. The van der Waals surface area contributed by atoms with Gasteiger partial charge >= 0.3 is 6.61 Å². The fraction of sp³-hybridized carbons (Fsp3) is 0.0667. The van der Waals surface area contributed by atoms with Crippen molar-refractivity contribution in [3.63, 3.8) is 0 Å². The Hall–Kier alpha value is -2.48. The molecule has 0 fully saturated rings. The number of rotatable bonds is 6. The first-order valence-electron chi connectivity index (χ1n) is 6.36. The Balaban J connectivity index is 2.11. The summed E-state index contributed by atoms with van der Waals surface area (Å²) in [5, 5.41) is 0.920. The summed E-state index contributed by atoms with van der Waals surface area (Å²) in [6.07, 6.45) is 1.37. The molecule has 0 aliphatic rings. The van der Waals surface area contributed by atoms with Gasteiger partial charge in [0.25, 0.3) is 10.0 Å². The van der Waals surface area contributed by atoms with Crippen molar-refractivity contribution in [2.24, 2.45) is 0 Å². The lowest BCUT2D eigenvalue weighted by atomic mass is 10.2. The third-order valence-corrected chi connectivity index (χ3v) is 3.66. The molecular weight excluding hydrogens is 331 g/mol. The van der Waals surface area contributed by atoms with E-state index in [-0.39, 0.29) is 5.69 Å². The highest BCUT2D eigenvalue weighted by Crippen LogP contribution is 2.23. The van der Waals surface area contributed by atoms with Crippen LogP contribution in [0.25, 0.3) is 6.08 Å². The molecule has 0 saturated heterocycles. The average Bonchev–Trinajstić information content (AvgIpc) is 2.49. The van der Waals surface area contributed by atoms with Crippen LogP contribution in [-0.2, 0) is 10.0 Å². The maximum Gasteiger partial charge on any atom is 0.387 e. The number of hydrogen-bond donors (Lipinski definition) is 1. The summed E-state index contributed by atoms with van der Waals surface area (Å²) in [5.41, 5.74) is 0.562. The molecule has 2 aromatic carbocycles. The van der Waals surface area contributed by atoms with E-state index in [2.05, 4.69) is 9.46 Å². The smallest absolute Gasteiger partial charge is 0.387 e. The monoisotopic (exact) mass is 343 g/mol. The Kier molecular flexibility index (Phi) is 5.28. The lowest BCUT2D eigenvalue weighted by Crippen LogP contribution is -2.09. The largest absolute Gasteiger partial charge is 0.432 e. The van der Waals surface area contributed by atoms with Crippen LogP contribution >= 0.6 is 0 Å². The molecule has 0 aliphatic heterocycles. The van der Waals surface area contributed by atoms with Crippen molar-refractivity contribution < 1.29 is 26.3 Å². The quantitative estimate of drug-likeness (QED) is 0.867. The number of nitrogens with one attached hydrogen (secondary N) is 1. The molecule has 0 aliphatic carbocycles. The van der Waals surface area contributed by atoms with Crippen molar-refractivity contribution in [3.8, 4) is 5.75 Å². The maximum atomic E-state index is 13.5. The minimum absolute atomic E-state index is 0.109. The first-order chi connectivity index (χ1) is 10.9. The standard InChI is InChI=1S/C15H12F3NO3S/c16-13-10-12(6-7-14(13)22-15(17)18)19-23(20,21)9-8-11-4-2-1-3-5-11/h1-10,15,19H/b9-8+. The molecule has 23 heavy (non-hydrogen) atoms. The van der Waals surface area contributed by atoms with Crippen molar-refractivity contribution in [3.05, 3.63) is 65.3 Å². The van der Waals surface area contributed by atoms with Crippen molar-refractivity contribution in [2.45, 2.75) is 6.61 Å². The van der Waals surface area contributed by atoms with E-state index in [9.17, 15) is 21.6 Å². The van der Waals surface area contributed by atoms with Gasteiger partial charge in [-0.05, 0) is 23.8 Å². The van der Waals surface area contributed by atoms with E-state index in [1.165, 1.54) is 6.08 Å². The van der Waals surface area contributed by atoms with Gasteiger partial charge in [0.05, 0.1) is 11.1 Å². The van der Waals surface area contributed by atoms with E-state index in [0.717, 1.165) is 23.6 Å². The van der Waals surface area contributed by atoms with E-state index in [1.807, 2.05) is 0 Å². The highest BCUT2D eigenvalue weighted by Gasteiger charge is 2.12. The molecule has 0 amide bonds. The van der Waals surface area contributed by atoms with E-state index < -0.39 is 28.2 Å². The van der Waals surface area contributed by atoms with Crippen LogP contribution in [0.2, 0.25) is 0 Å². The van der Waals surface area contributed by atoms with Gasteiger partial charge in [-0.15, -0.1) is 0 Å². The first kappa shape index (κ1) is 16.9. The molecule has 0 spiro atoms. The number of anilines is 1. The van der Waals surface area contributed by atoms with E-state index in [1.54, 1.807) is 30.3 Å². The summed E-state index contributed by atoms with van der Waals surface area (Å²) >= 11 is 0. The molecule has 0 unspecified atom stereocenters. The number of alkyl halides is 2. The van der Waals surface area contributed by atoms with Gasteiger partial charge in [0.15, 0.2) is 11.6 Å². The molecular formula is C15H12F3NO3S. The predicted octanol–water partition coefficient (Wildman–Crippen LogP) is 3.84. The van der Waals surface area contributed by atoms with Crippen LogP contribution in [0.5, 0.6) is 5.75 Å². The first-order valence-corrected chi connectivity index (χ1v) is 7.91. The van der Waals surface area contributed by atoms with Gasteiger partial charge < -0.3 is 4.74 Å². The van der Waals surface area contributed by atoms with Crippen LogP contribution < -0.4 is 9.46 Å². The fourth-order valence-electron chi connectivity index (χ4n) is 1.69. The Labute approximate surface area is 131 Å². The van der Waals surface area contributed by atoms with Gasteiger partial charge in [0, 0.05) is 6.07 Å². The van der Waals surface area contributed by atoms with Crippen molar-refractivity contribution in [1.82, 2.24) is 0 Å². The third-order valence-electron chi connectivity index (χ3n) is 2.65. The van der Waals surface area contributed by atoms with Gasteiger partial charge in [0.2, 0.25) is 0 Å². The van der Waals surface area contributed by atoms with E-state index in [0.29, 0.717) is 5.56 Å². The summed E-state index contributed by atoms with van der Waals surface area (Å²) in [4.78, 5) is 0. The molecule has 0 bridgehead atoms. The van der Waals surface area contributed by atoms with Gasteiger partial charge in [0.1, 0.15) is 0 Å². The molecule has 0 aromatic heterocycles. The Morgan fingerprint density at radius 3 is 2.39 bits per heavy atom. The minimum atomic E-state index is -3.87. The zero-order valence-corrected chi connectivity index (χ0v) is 12.4. The van der Waals surface area contributed by atoms with Crippen LogP contribution in [-0.4, -0.2) is 15.0 Å². The second kappa shape index (κ2) is 7.19. The molecule has 0 atom stereocenters. The molecule has 0 heterocycles. The van der Waals surface area contributed by atoms with E-state index >= 15 is 0 Å². The van der Waals surface area contributed by atoms with Crippen LogP contribution in [0.4, 0.5) is 18.9 Å². The Morgan fingerprint density at radius 2 is 1.78 bits per heavy atom. The second-order valence-corrected chi connectivity index (χ2v) is 5.95. The normalized spacial score (nSPS) is 11.8. The molecule has 2 rings (SSSR count). The second-order valence-electron chi connectivity index (χ2n) is 4.38. The average molecular weight is 343 g/mol. The molecule has 2 aromatic rings. The van der Waals surface area contributed by atoms with Gasteiger partial charge in [-0.25, -0.2) is 12.8 Å². The van der Waals surface area contributed by atoms with Crippen molar-refractivity contribution >= 4 is 21.8 Å². The predicted molar refractivity (Wildman–Crippen MR) is 81.1 cm³/mol. The number of halogens is 3. The molecule has 8 heteroatoms. The molecule has 1 N–H and O–H groups in total. The highest BCUT2D eigenvalue weighted by molar-refractivity contribution is 7.95. The Morgan fingerprint density at radius 1 is 1.09 bits per heavy atom. The lowest BCUT2D eigenvalue weighted by molar-refractivity contribution is -0.0521. The highest BCUT2D eigenvalue weighted by atomic mass is 32.2. The van der Waals surface area contributed by atoms with E-state index in [4.69, 9.17) is 0 Å². The zero-order valence-electron chi connectivity index (χ0n) is 11.6. The molecule has 0 radical (unpaired) electrons. The van der Waals surface area contributed by atoms with Crippen LogP contribution in [0.1, 0.15) is 5.56 Å². The van der Waals surface area contributed by atoms with Gasteiger partial charge in [-0.3, -0.25) is 4.72 Å². The maximum absolute atomic E-state index is 13.5. The van der Waals surface area contributed by atoms with Crippen molar-refractivity contribution in [1.29, 1.82) is 0 Å². The van der Waals surface area contributed by atoms with Gasteiger partial charge in [-0.2, -0.15) is 8.78 Å². The summed E-state index contributed by atoms with van der Waals surface area (Å²) in [7, 11) is -3.87. The number of hydrogen-bond acceptors (Lipinski definition) is 3. The van der Waals surface area contributed by atoms with Crippen LogP contribution in [0, 0.1) is 5.82 Å². The Bertz CT molecular complexity index is 793. The molecule has 4 nitrogen and oxygen atoms in total. The zero-order chi connectivity index (χ0) is 16.9. The fourth-order valence-corrected chi connectivity index (χ4v) is 2.55. The van der Waals surface area contributed by atoms with Crippen LogP contribution in [0.15, 0.2) is 53.9 Å². The van der Waals surface area contributed by atoms with Crippen molar-refractivity contribution in [2.75, 3.05) is 4.72 Å². The lowest BCUT2D eigenvalue weighted by Gasteiger charge is -2.08. The third kappa shape index (κ3) is 5.33. The topological polar surface area (TPSA) is 55.4 Å². The summed E-state index contributed by atoms with van der Waals surface area (Å²) in [5.74, 6) is -1.76. The van der Waals surface area contributed by atoms with Gasteiger partial charge in [-0.1, -0.05) is 30.3 Å².